The number of sulfonamides is 1. The highest BCUT2D eigenvalue weighted by Crippen LogP contribution is 2.21. The SMILES string of the molecule is Cc1nc(CNc2ncc(Cl)cn2)cc(Oc2ccc(CS(N)(=O)=O)cc2)n1. The normalized spacial score (nSPS) is 11.2. The Hall–Kier alpha value is -2.82. The Morgan fingerprint density at radius 1 is 1.14 bits per heavy atom. The second-order valence-electron chi connectivity index (χ2n) is 5.88. The van der Waals surface area contributed by atoms with Crippen molar-refractivity contribution in [2.24, 2.45) is 5.14 Å². The van der Waals surface area contributed by atoms with E-state index in [9.17, 15) is 8.42 Å². The fraction of sp³-hybridized carbons (Fsp3) is 0.176. The van der Waals surface area contributed by atoms with Gasteiger partial charge in [-0.1, -0.05) is 23.7 Å². The number of hydrogen-bond donors (Lipinski definition) is 2. The summed E-state index contributed by atoms with van der Waals surface area (Å²) < 4.78 is 28.0. The number of aromatic nitrogens is 4. The van der Waals surface area contributed by atoms with Crippen molar-refractivity contribution in [3.8, 4) is 11.6 Å². The predicted octanol–water partition coefficient (Wildman–Crippen LogP) is 2.42. The van der Waals surface area contributed by atoms with E-state index in [1.807, 2.05) is 0 Å². The fourth-order valence-corrected chi connectivity index (χ4v) is 3.08. The number of primary sulfonamides is 1. The third kappa shape index (κ3) is 6.12. The standard InChI is InChI=1S/C17H17ClN6O3S/c1-11-23-14(9-22-17-20-7-13(18)8-21-17)6-16(24-11)27-15-4-2-12(3-5-15)10-28(19,25)26/h2-8H,9-10H2,1H3,(H2,19,25,26)(H,20,21,22). The van der Waals surface area contributed by atoms with Gasteiger partial charge in [-0.25, -0.2) is 28.5 Å². The summed E-state index contributed by atoms with van der Waals surface area (Å²) in [5.41, 5.74) is 1.26. The van der Waals surface area contributed by atoms with Crippen LogP contribution < -0.4 is 15.2 Å². The van der Waals surface area contributed by atoms with Gasteiger partial charge in [0.05, 0.1) is 35.4 Å². The minimum Gasteiger partial charge on any atom is -0.439 e. The first kappa shape index (κ1) is 19.9. The smallest absolute Gasteiger partial charge is 0.222 e. The molecule has 0 aliphatic rings. The molecule has 0 atom stereocenters. The Labute approximate surface area is 167 Å². The molecule has 146 valence electrons. The number of rotatable bonds is 7. The van der Waals surface area contributed by atoms with Crippen LogP contribution in [0.3, 0.4) is 0 Å². The van der Waals surface area contributed by atoms with E-state index in [4.69, 9.17) is 21.5 Å². The van der Waals surface area contributed by atoms with Crippen LogP contribution in [0, 0.1) is 6.92 Å². The monoisotopic (exact) mass is 420 g/mol. The summed E-state index contributed by atoms with van der Waals surface area (Å²) in [7, 11) is -3.58. The van der Waals surface area contributed by atoms with Crippen LogP contribution in [0.25, 0.3) is 0 Å². The van der Waals surface area contributed by atoms with Crippen LogP contribution in [0.5, 0.6) is 11.6 Å². The van der Waals surface area contributed by atoms with Crippen LogP contribution in [0.1, 0.15) is 17.1 Å². The zero-order valence-corrected chi connectivity index (χ0v) is 16.4. The van der Waals surface area contributed by atoms with Crippen molar-refractivity contribution in [1.29, 1.82) is 0 Å². The minimum absolute atomic E-state index is 0.234. The molecular formula is C17H17ClN6O3S. The first-order chi connectivity index (χ1) is 13.3. The maximum atomic E-state index is 11.1. The number of hydrogen-bond acceptors (Lipinski definition) is 8. The fourth-order valence-electron chi connectivity index (χ4n) is 2.32. The molecule has 3 N–H and O–H groups in total. The average molecular weight is 421 g/mol. The number of nitrogens with one attached hydrogen (secondary N) is 1. The molecular weight excluding hydrogens is 404 g/mol. The van der Waals surface area contributed by atoms with Crippen molar-refractivity contribution in [2.45, 2.75) is 19.2 Å². The lowest BCUT2D eigenvalue weighted by molar-refractivity contribution is 0.458. The number of aryl methyl sites for hydroxylation is 1. The summed E-state index contributed by atoms with van der Waals surface area (Å²) in [5, 5.41) is 8.54. The quantitative estimate of drug-likeness (QED) is 0.595. The van der Waals surface area contributed by atoms with E-state index >= 15 is 0 Å². The lowest BCUT2D eigenvalue weighted by atomic mass is 10.2. The molecule has 9 nitrogen and oxygen atoms in total. The van der Waals surface area contributed by atoms with Gasteiger partial charge in [0.15, 0.2) is 0 Å². The van der Waals surface area contributed by atoms with Gasteiger partial charge in [0, 0.05) is 6.07 Å². The van der Waals surface area contributed by atoms with E-state index in [0.29, 0.717) is 46.2 Å². The topological polar surface area (TPSA) is 133 Å². The van der Waals surface area contributed by atoms with Crippen molar-refractivity contribution in [1.82, 2.24) is 19.9 Å². The number of anilines is 1. The third-order valence-electron chi connectivity index (χ3n) is 3.43. The number of benzene rings is 1. The van der Waals surface area contributed by atoms with Crippen molar-refractivity contribution >= 4 is 27.6 Å². The van der Waals surface area contributed by atoms with Gasteiger partial charge in [0.25, 0.3) is 0 Å². The summed E-state index contributed by atoms with van der Waals surface area (Å²) >= 11 is 5.76. The molecule has 0 spiro atoms. The Bertz CT molecular complexity index is 1060. The van der Waals surface area contributed by atoms with Gasteiger partial charge in [-0.3, -0.25) is 0 Å². The summed E-state index contributed by atoms with van der Waals surface area (Å²) in [4.78, 5) is 16.7. The van der Waals surface area contributed by atoms with Gasteiger partial charge in [0.1, 0.15) is 11.6 Å². The first-order valence-electron chi connectivity index (χ1n) is 8.10. The molecule has 0 saturated carbocycles. The molecule has 0 saturated heterocycles. The van der Waals surface area contributed by atoms with E-state index < -0.39 is 10.0 Å². The zero-order valence-electron chi connectivity index (χ0n) is 14.8. The highest BCUT2D eigenvalue weighted by atomic mass is 35.5. The molecule has 0 amide bonds. The van der Waals surface area contributed by atoms with E-state index in [1.54, 1.807) is 37.3 Å². The molecule has 0 unspecified atom stereocenters. The highest BCUT2D eigenvalue weighted by molar-refractivity contribution is 7.88. The van der Waals surface area contributed by atoms with Crippen LogP contribution in [-0.2, 0) is 22.3 Å². The largest absolute Gasteiger partial charge is 0.439 e. The predicted molar refractivity (Wildman–Crippen MR) is 104 cm³/mol. The summed E-state index contributed by atoms with van der Waals surface area (Å²) in [6, 6.07) is 8.26. The van der Waals surface area contributed by atoms with Crippen LogP contribution in [0.4, 0.5) is 5.95 Å². The molecule has 0 radical (unpaired) electrons. The van der Waals surface area contributed by atoms with E-state index in [2.05, 4.69) is 25.3 Å². The van der Waals surface area contributed by atoms with Gasteiger partial charge < -0.3 is 10.1 Å². The van der Waals surface area contributed by atoms with Gasteiger partial charge >= 0.3 is 0 Å². The lowest BCUT2D eigenvalue weighted by Crippen LogP contribution is -2.14. The molecule has 0 aliphatic carbocycles. The second-order valence-corrected chi connectivity index (χ2v) is 7.93. The van der Waals surface area contributed by atoms with Gasteiger partial charge in [-0.15, -0.1) is 0 Å². The molecule has 0 bridgehead atoms. The molecule has 0 fully saturated rings. The van der Waals surface area contributed by atoms with Crippen molar-refractivity contribution in [2.75, 3.05) is 5.32 Å². The highest BCUT2D eigenvalue weighted by Gasteiger charge is 2.08. The Balaban J connectivity index is 1.68. The number of nitrogens with two attached hydrogens (primary N) is 1. The van der Waals surface area contributed by atoms with Crippen molar-refractivity contribution in [3.05, 3.63) is 64.8 Å². The molecule has 11 heteroatoms. The molecule has 0 aliphatic heterocycles. The average Bonchev–Trinajstić information content (AvgIpc) is 2.61. The van der Waals surface area contributed by atoms with Gasteiger partial charge in [-0.2, -0.15) is 4.98 Å². The number of halogens is 1. The van der Waals surface area contributed by atoms with Crippen LogP contribution in [0.15, 0.2) is 42.7 Å². The minimum atomic E-state index is -3.58. The summed E-state index contributed by atoms with van der Waals surface area (Å²) in [6.07, 6.45) is 2.99. The number of nitrogens with zero attached hydrogens (tertiary/aromatic N) is 4. The van der Waals surface area contributed by atoms with E-state index in [-0.39, 0.29) is 5.75 Å². The maximum Gasteiger partial charge on any atom is 0.222 e. The molecule has 28 heavy (non-hydrogen) atoms. The van der Waals surface area contributed by atoms with Gasteiger partial charge in [0.2, 0.25) is 21.9 Å². The first-order valence-corrected chi connectivity index (χ1v) is 10.2. The van der Waals surface area contributed by atoms with E-state index in [1.165, 1.54) is 12.4 Å². The second kappa shape index (κ2) is 8.46. The van der Waals surface area contributed by atoms with Crippen LogP contribution in [0.2, 0.25) is 5.02 Å². The lowest BCUT2D eigenvalue weighted by Gasteiger charge is -2.09. The van der Waals surface area contributed by atoms with E-state index in [0.717, 1.165) is 0 Å². The van der Waals surface area contributed by atoms with Crippen molar-refractivity contribution in [3.63, 3.8) is 0 Å². The summed E-state index contributed by atoms with van der Waals surface area (Å²) in [6.45, 7) is 2.12. The van der Waals surface area contributed by atoms with Crippen LogP contribution in [-0.4, -0.2) is 28.4 Å². The Morgan fingerprint density at radius 3 is 2.46 bits per heavy atom. The van der Waals surface area contributed by atoms with Gasteiger partial charge in [-0.05, 0) is 24.6 Å². The Morgan fingerprint density at radius 2 is 1.82 bits per heavy atom. The number of ether oxygens (including phenoxy) is 1. The van der Waals surface area contributed by atoms with Crippen LogP contribution >= 0.6 is 11.6 Å². The zero-order chi connectivity index (χ0) is 20.1. The van der Waals surface area contributed by atoms with Crippen molar-refractivity contribution < 1.29 is 13.2 Å². The molecule has 3 aromatic rings. The molecule has 3 rings (SSSR count). The maximum absolute atomic E-state index is 11.1. The summed E-state index contributed by atoms with van der Waals surface area (Å²) in [5.74, 6) is 1.60. The molecule has 2 heterocycles. The molecule has 2 aromatic heterocycles. The third-order valence-corrected chi connectivity index (χ3v) is 4.36. The Kier molecular flexibility index (Phi) is 6.02. The molecule has 1 aromatic carbocycles.